The Bertz CT molecular complexity index is 599. The van der Waals surface area contributed by atoms with Gasteiger partial charge in [-0.15, -0.1) is 0 Å². The van der Waals surface area contributed by atoms with Crippen molar-refractivity contribution in [2.45, 2.75) is 32.7 Å². The molecule has 1 atom stereocenters. The lowest BCUT2D eigenvalue weighted by Gasteiger charge is -2.41. The molecule has 0 N–H and O–H groups in total. The number of nitrogens with zero attached hydrogens (tertiary/aromatic N) is 3. The predicted molar refractivity (Wildman–Crippen MR) is 105 cm³/mol. The zero-order valence-corrected chi connectivity index (χ0v) is 16.5. The standard InChI is InChI=1S/C21H33N3O2/c1-4-26-20-8-6-5-7-19(20)21(25)23-11-9-18(10-12-23)16-24-14-13-22(3)15-17(24)2/h5-8,17-18H,4,9-16H2,1-3H3. The largest absolute Gasteiger partial charge is 0.493 e. The maximum absolute atomic E-state index is 12.9. The minimum Gasteiger partial charge on any atom is -0.493 e. The Morgan fingerprint density at radius 1 is 1.15 bits per heavy atom. The Morgan fingerprint density at radius 3 is 2.58 bits per heavy atom. The molecule has 0 radical (unpaired) electrons. The fourth-order valence-corrected chi connectivity index (χ4v) is 4.19. The fraction of sp³-hybridized carbons (Fsp3) is 0.667. The van der Waals surface area contributed by atoms with Crippen molar-refractivity contribution in [3.8, 4) is 5.75 Å². The molecule has 2 saturated heterocycles. The van der Waals surface area contributed by atoms with E-state index >= 15 is 0 Å². The topological polar surface area (TPSA) is 36.0 Å². The van der Waals surface area contributed by atoms with Crippen LogP contribution in [0.3, 0.4) is 0 Å². The number of para-hydroxylation sites is 1. The van der Waals surface area contributed by atoms with Crippen molar-refractivity contribution in [2.24, 2.45) is 5.92 Å². The second-order valence-electron chi connectivity index (χ2n) is 7.77. The van der Waals surface area contributed by atoms with E-state index in [9.17, 15) is 4.79 Å². The van der Waals surface area contributed by atoms with Gasteiger partial charge < -0.3 is 14.5 Å². The first kappa shape index (κ1) is 19.2. The summed E-state index contributed by atoms with van der Waals surface area (Å²) in [5, 5.41) is 0. The molecule has 0 aromatic heterocycles. The van der Waals surface area contributed by atoms with E-state index in [1.54, 1.807) is 0 Å². The molecular formula is C21H33N3O2. The number of likely N-dealkylation sites (N-methyl/N-ethyl adjacent to an activating group) is 1. The molecular weight excluding hydrogens is 326 g/mol. The van der Waals surface area contributed by atoms with Crippen LogP contribution in [0.25, 0.3) is 0 Å². The smallest absolute Gasteiger partial charge is 0.257 e. The number of piperidine rings is 1. The summed E-state index contributed by atoms with van der Waals surface area (Å²) >= 11 is 0. The van der Waals surface area contributed by atoms with Crippen LogP contribution in [-0.4, -0.2) is 79.6 Å². The van der Waals surface area contributed by atoms with Crippen LogP contribution in [0.4, 0.5) is 0 Å². The second kappa shape index (κ2) is 8.87. The van der Waals surface area contributed by atoms with Gasteiger partial charge >= 0.3 is 0 Å². The highest BCUT2D eigenvalue weighted by atomic mass is 16.5. The van der Waals surface area contributed by atoms with Gasteiger partial charge in [0.05, 0.1) is 12.2 Å². The SMILES string of the molecule is CCOc1ccccc1C(=O)N1CCC(CN2CCN(C)CC2C)CC1. The van der Waals surface area contributed by atoms with Gasteiger partial charge in [0.25, 0.3) is 5.91 Å². The molecule has 5 nitrogen and oxygen atoms in total. The maximum Gasteiger partial charge on any atom is 0.257 e. The Kier molecular flexibility index (Phi) is 6.54. The molecule has 0 saturated carbocycles. The fourth-order valence-electron chi connectivity index (χ4n) is 4.19. The average Bonchev–Trinajstić information content (AvgIpc) is 2.65. The summed E-state index contributed by atoms with van der Waals surface area (Å²) < 4.78 is 5.63. The van der Waals surface area contributed by atoms with E-state index < -0.39 is 0 Å². The average molecular weight is 360 g/mol. The number of hydrogen-bond donors (Lipinski definition) is 0. The third kappa shape index (κ3) is 4.57. The van der Waals surface area contributed by atoms with Gasteiger partial charge in [0.15, 0.2) is 0 Å². The molecule has 26 heavy (non-hydrogen) atoms. The van der Waals surface area contributed by atoms with Gasteiger partial charge in [-0.25, -0.2) is 0 Å². The summed E-state index contributed by atoms with van der Waals surface area (Å²) in [6.45, 7) is 11.2. The molecule has 0 aliphatic carbocycles. The number of benzene rings is 1. The van der Waals surface area contributed by atoms with Crippen molar-refractivity contribution in [1.82, 2.24) is 14.7 Å². The van der Waals surface area contributed by atoms with Gasteiger partial charge in [-0.2, -0.15) is 0 Å². The van der Waals surface area contributed by atoms with E-state index in [2.05, 4.69) is 23.8 Å². The Labute approximate surface area is 157 Å². The number of piperazine rings is 1. The van der Waals surface area contributed by atoms with Crippen LogP contribution < -0.4 is 4.74 Å². The first-order valence-corrected chi connectivity index (χ1v) is 10.0. The van der Waals surface area contributed by atoms with Crippen LogP contribution in [0.15, 0.2) is 24.3 Å². The first-order chi connectivity index (χ1) is 12.6. The number of amides is 1. The highest BCUT2D eigenvalue weighted by Gasteiger charge is 2.29. The summed E-state index contributed by atoms with van der Waals surface area (Å²) in [6, 6.07) is 8.23. The van der Waals surface area contributed by atoms with Gasteiger partial charge in [0, 0.05) is 45.3 Å². The van der Waals surface area contributed by atoms with Gasteiger partial charge in [-0.1, -0.05) is 12.1 Å². The molecule has 1 amide bonds. The minimum absolute atomic E-state index is 0.112. The Balaban J connectivity index is 1.53. The molecule has 1 unspecified atom stereocenters. The van der Waals surface area contributed by atoms with E-state index in [1.807, 2.05) is 36.1 Å². The monoisotopic (exact) mass is 359 g/mol. The highest BCUT2D eigenvalue weighted by molar-refractivity contribution is 5.97. The van der Waals surface area contributed by atoms with Crippen LogP contribution in [0, 0.1) is 5.92 Å². The molecule has 144 valence electrons. The van der Waals surface area contributed by atoms with E-state index in [-0.39, 0.29) is 5.91 Å². The van der Waals surface area contributed by atoms with Crippen molar-refractivity contribution in [3.05, 3.63) is 29.8 Å². The molecule has 2 aliphatic heterocycles. The van der Waals surface area contributed by atoms with Crippen molar-refractivity contribution >= 4 is 5.91 Å². The lowest BCUT2D eigenvalue weighted by molar-refractivity contribution is 0.0554. The van der Waals surface area contributed by atoms with Gasteiger partial charge in [0.2, 0.25) is 0 Å². The zero-order valence-electron chi connectivity index (χ0n) is 16.5. The van der Waals surface area contributed by atoms with Crippen LogP contribution in [0.5, 0.6) is 5.75 Å². The van der Waals surface area contributed by atoms with Gasteiger partial charge in [-0.05, 0) is 51.8 Å². The molecule has 0 spiro atoms. The number of ether oxygens (including phenoxy) is 1. The lowest BCUT2D eigenvalue weighted by atomic mass is 9.94. The van der Waals surface area contributed by atoms with Crippen LogP contribution in [-0.2, 0) is 0 Å². The van der Waals surface area contributed by atoms with Crippen LogP contribution in [0.1, 0.15) is 37.0 Å². The lowest BCUT2D eigenvalue weighted by Crippen LogP contribution is -2.52. The normalized spacial score (nSPS) is 23.2. The van der Waals surface area contributed by atoms with Crippen molar-refractivity contribution in [2.75, 3.05) is 52.9 Å². The number of rotatable bonds is 5. The van der Waals surface area contributed by atoms with E-state index in [0.717, 1.165) is 39.0 Å². The van der Waals surface area contributed by atoms with E-state index in [0.29, 0.717) is 29.9 Å². The number of likely N-dealkylation sites (tertiary alicyclic amines) is 1. The molecule has 2 aliphatic rings. The van der Waals surface area contributed by atoms with Gasteiger partial charge in [0.1, 0.15) is 5.75 Å². The van der Waals surface area contributed by atoms with Crippen LogP contribution >= 0.6 is 0 Å². The predicted octanol–water partition coefficient (Wildman–Crippen LogP) is 2.57. The number of carbonyl (C=O) groups is 1. The highest BCUT2D eigenvalue weighted by Crippen LogP contribution is 2.25. The number of carbonyl (C=O) groups excluding carboxylic acids is 1. The maximum atomic E-state index is 12.9. The quantitative estimate of drug-likeness (QED) is 0.810. The molecule has 2 heterocycles. The van der Waals surface area contributed by atoms with Crippen molar-refractivity contribution in [1.29, 1.82) is 0 Å². The summed E-state index contributed by atoms with van der Waals surface area (Å²) in [7, 11) is 2.21. The third-order valence-corrected chi connectivity index (χ3v) is 5.78. The minimum atomic E-state index is 0.112. The molecule has 1 aromatic carbocycles. The van der Waals surface area contributed by atoms with Crippen molar-refractivity contribution < 1.29 is 9.53 Å². The molecule has 2 fully saturated rings. The van der Waals surface area contributed by atoms with Crippen LogP contribution in [0.2, 0.25) is 0 Å². The molecule has 1 aromatic rings. The molecule has 3 rings (SSSR count). The summed E-state index contributed by atoms with van der Waals surface area (Å²) in [5.41, 5.74) is 0.695. The van der Waals surface area contributed by atoms with E-state index in [1.165, 1.54) is 13.1 Å². The zero-order chi connectivity index (χ0) is 18.5. The number of hydrogen-bond acceptors (Lipinski definition) is 4. The third-order valence-electron chi connectivity index (χ3n) is 5.78. The molecule has 0 bridgehead atoms. The first-order valence-electron chi connectivity index (χ1n) is 10.0. The summed E-state index contributed by atoms with van der Waals surface area (Å²) in [4.78, 5) is 20.0. The second-order valence-corrected chi connectivity index (χ2v) is 7.77. The molecule has 5 heteroatoms. The Morgan fingerprint density at radius 2 is 1.88 bits per heavy atom. The summed E-state index contributed by atoms with van der Waals surface area (Å²) in [5.74, 6) is 1.51. The summed E-state index contributed by atoms with van der Waals surface area (Å²) in [6.07, 6.45) is 2.20. The Hall–Kier alpha value is -1.59. The van der Waals surface area contributed by atoms with Crippen molar-refractivity contribution in [3.63, 3.8) is 0 Å². The van der Waals surface area contributed by atoms with Gasteiger partial charge in [-0.3, -0.25) is 9.69 Å². The van der Waals surface area contributed by atoms with E-state index in [4.69, 9.17) is 4.74 Å².